The summed E-state index contributed by atoms with van der Waals surface area (Å²) in [6.07, 6.45) is 0.949. The predicted octanol–water partition coefficient (Wildman–Crippen LogP) is 2.04. The fraction of sp³-hybridized carbons (Fsp3) is 0.889. The minimum atomic E-state index is 0. The number of amidine groups is 1. The molecule has 0 amide bonds. The second-order valence-electron chi connectivity index (χ2n) is 4.63. The van der Waals surface area contributed by atoms with Crippen molar-refractivity contribution in [3.05, 3.63) is 0 Å². The molecule has 0 aromatic rings. The molecule has 0 aromatic heterocycles. The topological polar surface area (TPSA) is 35.9 Å². The van der Waals surface area contributed by atoms with Gasteiger partial charge in [-0.3, -0.25) is 5.41 Å². The van der Waals surface area contributed by atoms with E-state index >= 15 is 0 Å². The zero-order valence-electron chi connectivity index (χ0n) is 7.85. The molecule has 0 radical (unpaired) electrons. The van der Waals surface area contributed by atoms with Crippen molar-refractivity contribution in [2.24, 2.45) is 17.3 Å². The van der Waals surface area contributed by atoms with Gasteiger partial charge < -0.3 is 5.32 Å². The molecule has 2 fully saturated rings. The number of piperidine rings is 1. The Balaban J connectivity index is 0.000000720. The van der Waals surface area contributed by atoms with Crippen LogP contribution < -0.4 is 5.32 Å². The van der Waals surface area contributed by atoms with Gasteiger partial charge in [0.2, 0.25) is 0 Å². The van der Waals surface area contributed by atoms with E-state index in [-0.39, 0.29) is 12.4 Å². The van der Waals surface area contributed by atoms with Crippen LogP contribution >= 0.6 is 12.4 Å². The Morgan fingerprint density at radius 3 is 2.58 bits per heavy atom. The fourth-order valence-corrected chi connectivity index (χ4v) is 2.71. The number of hydrogen-bond donors (Lipinski definition) is 2. The van der Waals surface area contributed by atoms with Gasteiger partial charge in [0.05, 0.1) is 5.84 Å². The van der Waals surface area contributed by atoms with Gasteiger partial charge in [0, 0.05) is 12.5 Å². The number of nitrogens with one attached hydrogen (secondary N) is 2. The smallest absolute Gasteiger partial charge is 0.0936 e. The monoisotopic (exact) mass is 188 g/mol. The summed E-state index contributed by atoms with van der Waals surface area (Å²) in [5.41, 5.74) is 0.447. The first-order valence-corrected chi connectivity index (χ1v) is 4.37. The molecule has 3 heteroatoms. The molecule has 0 aromatic carbocycles. The molecule has 1 heterocycles. The lowest BCUT2D eigenvalue weighted by Crippen LogP contribution is -2.34. The van der Waals surface area contributed by atoms with E-state index in [0.29, 0.717) is 17.4 Å². The van der Waals surface area contributed by atoms with Gasteiger partial charge in [0.1, 0.15) is 0 Å². The van der Waals surface area contributed by atoms with Crippen LogP contribution in [-0.4, -0.2) is 11.9 Å². The second kappa shape index (κ2) is 2.63. The van der Waals surface area contributed by atoms with E-state index in [1.54, 1.807) is 0 Å². The molecular formula is C9H17ClN2. The molecule has 0 bridgehead atoms. The summed E-state index contributed by atoms with van der Waals surface area (Å²) in [5, 5.41) is 10.8. The molecule has 1 aliphatic carbocycles. The largest absolute Gasteiger partial charge is 0.370 e. The molecule has 2 rings (SSSR count). The summed E-state index contributed by atoms with van der Waals surface area (Å²) in [4.78, 5) is 0. The Morgan fingerprint density at radius 1 is 1.50 bits per heavy atom. The van der Waals surface area contributed by atoms with Gasteiger partial charge in [0.15, 0.2) is 0 Å². The minimum absolute atomic E-state index is 0. The molecule has 3 atom stereocenters. The van der Waals surface area contributed by atoms with Gasteiger partial charge in [-0.1, -0.05) is 20.8 Å². The van der Waals surface area contributed by atoms with E-state index in [4.69, 9.17) is 5.41 Å². The van der Waals surface area contributed by atoms with Crippen molar-refractivity contribution in [2.45, 2.75) is 33.2 Å². The maximum Gasteiger partial charge on any atom is 0.0936 e. The molecule has 1 saturated carbocycles. The van der Waals surface area contributed by atoms with Gasteiger partial charge in [0.25, 0.3) is 0 Å². The zero-order valence-corrected chi connectivity index (χ0v) is 8.66. The first kappa shape index (κ1) is 9.85. The highest BCUT2D eigenvalue weighted by Gasteiger charge is 2.61. The van der Waals surface area contributed by atoms with Crippen LogP contribution in [0.2, 0.25) is 0 Å². The third-order valence-corrected chi connectivity index (χ3v) is 3.38. The van der Waals surface area contributed by atoms with E-state index in [0.717, 1.165) is 18.2 Å². The molecule has 70 valence electrons. The van der Waals surface area contributed by atoms with Crippen LogP contribution in [0, 0.1) is 22.7 Å². The number of halogens is 1. The number of fused-ring (bicyclic) bond motifs is 1. The molecule has 3 unspecified atom stereocenters. The maximum atomic E-state index is 7.54. The average Bonchev–Trinajstić information content (AvgIpc) is 2.34. The Labute approximate surface area is 80.0 Å². The lowest BCUT2D eigenvalue weighted by molar-refractivity contribution is 0.425. The van der Waals surface area contributed by atoms with E-state index in [2.05, 4.69) is 26.1 Å². The highest BCUT2D eigenvalue weighted by atomic mass is 35.5. The molecule has 2 N–H and O–H groups in total. The van der Waals surface area contributed by atoms with Crippen molar-refractivity contribution in [3.8, 4) is 0 Å². The van der Waals surface area contributed by atoms with Gasteiger partial charge in [-0.25, -0.2) is 0 Å². The highest BCUT2D eigenvalue weighted by molar-refractivity contribution is 5.85. The molecule has 0 spiro atoms. The molecule has 2 aliphatic rings. The predicted molar refractivity (Wildman–Crippen MR) is 53.0 cm³/mol. The van der Waals surface area contributed by atoms with Crippen molar-refractivity contribution in [1.29, 1.82) is 5.41 Å². The summed E-state index contributed by atoms with van der Waals surface area (Å²) < 4.78 is 0. The van der Waals surface area contributed by atoms with E-state index < -0.39 is 0 Å². The molecule has 12 heavy (non-hydrogen) atoms. The highest BCUT2D eigenvalue weighted by Crippen LogP contribution is 2.58. The molecule has 1 saturated heterocycles. The van der Waals surface area contributed by atoms with Crippen LogP contribution in [0.5, 0.6) is 0 Å². The Kier molecular flexibility index (Phi) is 2.15. The third-order valence-electron chi connectivity index (χ3n) is 3.38. The Morgan fingerprint density at radius 2 is 2.08 bits per heavy atom. The molecular weight excluding hydrogens is 172 g/mol. The number of rotatable bonds is 0. The number of hydrogen-bond acceptors (Lipinski definition) is 1. The van der Waals surface area contributed by atoms with Crippen LogP contribution in [0.4, 0.5) is 0 Å². The van der Waals surface area contributed by atoms with Crippen LogP contribution in [0.15, 0.2) is 0 Å². The SMILES string of the molecule is CC1CC(=N)NC2C1C2(C)C.Cl. The average molecular weight is 189 g/mol. The van der Waals surface area contributed by atoms with E-state index in [1.807, 2.05) is 0 Å². The maximum absolute atomic E-state index is 7.54. The summed E-state index contributed by atoms with van der Waals surface area (Å²) >= 11 is 0. The van der Waals surface area contributed by atoms with Crippen molar-refractivity contribution in [1.82, 2.24) is 5.32 Å². The third kappa shape index (κ3) is 1.13. The minimum Gasteiger partial charge on any atom is -0.370 e. The Hall–Kier alpha value is -0.240. The van der Waals surface area contributed by atoms with Crippen LogP contribution in [0.25, 0.3) is 0 Å². The van der Waals surface area contributed by atoms with Crippen molar-refractivity contribution < 1.29 is 0 Å². The van der Waals surface area contributed by atoms with Gasteiger partial charge in [-0.05, 0) is 17.3 Å². The lowest BCUT2D eigenvalue weighted by atomic mass is 9.95. The molecule has 2 nitrogen and oxygen atoms in total. The first-order chi connectivity index (χ1) is 5.03. The van der Waals surface area contributed by atoms with Gasteiger partial charge in [-0.2, -0.15) is 0 Å². The summed E-state index contributed by atoms with van der Waals surface area (Å²) in [6, 6.07) is 0.596. The van der Waals surface area contributed by atoms with E-state index in [1.165, 1.54) is 0 Å². The van der Waals surface area contributed by atoms with Gasteiger partial charge in [-0.15, -0.1) is 12.4 Å². The van der Waals surface area contributed by atoms with E-state index in [9.17, 15) is 0 Å². The van der Waals surface area contributed by atoms with Crippen LogP contribution in [-0.2, 0) is 0 Å². The van der Waals surface area contributed by atoms with Crippen molar-refractivity contribution in [2.75, 3.05) is 0 Å². The summed E-state index contributed by atoms with van der Waals surface area (Å²) in [6.45, 7) is 6.86. The normalized spacial score (nSPS) is 42.2. The van der Waals surface area contributed by atoms with Crippen molar-refractivity contribution >= 4 is 18.2 Å². The quantitative estimate of drug-likeness (QED) is 0.600. The Bertz CT molecular complexity index is 213. The van der Waals surface area contributed by atoms with Gasteiger partial charge >= 0.3 is 0 Å². The standard InChI is InChI=1S/C9H16N2.ClH/c1-5-4-6(10)11-8-7(5)9(8,2)3;/h5,7-8H,4H2,1-3H3,(H2,10,11);1H. The fourth-order valence-electron chi connectivity index (χ4n) is 2.71. The van der Waals surface area contributed by atoms with Crippen molar-refractivity contribution in [3.63, 3.8) is 0 Å². The second-order valence-corrected chi connectivity index (χ2v) is 4.63. The zero-order chi connectivity index (χ0) is 8.22. The van der Waals surface area contributed by atoms with Crippen LogP contribution in [0.1, 0.15) is 27.2 Å². The van der Waals surface area contributed by atoms with Crippen LogP contribution in [0.3, 0.4) is 0 Å². The first-order valence-electron chi connectivity index (χ1n) is 4.37. The summed E-state index contributed by atoms with van der Waals surface area (Å²) in [7, 11) is 0. The molecule has 1 aliphatic heterocycles. The summed E-state index contributed by atoms with van der Waals surface area (Å²) in [5.74, 6) is 2.27. The lowest BCUT2D eigenvalue weighted by Gasteiger charge is -2.18.